The van der Waals surface area contributed by atoms with Gasteiger partial charge in [-0.2, -0.15) is 0 Å². The molecule has 3 unspecified atom stereocenters. The molecular weight excluding hydrogens is 488 g/mol. The molecule has 8 nitrogen and oxygen atoms in total. The molecule has 2 aromatic carbocycles. The Morgan fingerprint density at radius 2 is 1.18 bits per heavy atom. The first-order chi connectivity index (χ1) is 18.2. The molecule has 0 saturated carbocycles. The maximum atomic E-state index is 13.0. The third kappa shape index (κ3) is 12.5. The SMILES string of the molecule is CC(OC(=O)Cc1ccccc1)OC(=O)C(CCCCCCCC(=O)O)C(C)OC(=O)Cc1ccccc1. The summed E-state index contributed by atoms with van der Waals surface area (Å²) in [7, 11) is 0. The summed E-state index contributed by atoms with van der Waals surface area (Å²) in [6, 6.07) is 18.3. The highest BCUT2D eigenvalue weighted by atomic mass is 16.7. The van der Waals surface area contributed by atoms with Gasteiger partial charge in [-0.3, -0.25) is 19.2 Å². The fraction of sp³-hybridized carbons (Fsp3) is 0.467. The van der Waals surface area contributed by atoms with E-state index in [1.54, 1.807) is 19.1 Å². The van der Waals surface area contributed by atoms with Crippen LogP contribution in [0.25, 0.3) is 0 Å². The lowest BCUT2D eigenvalue weighted by Gasteiger charge is -2.24. The van der Waals surface area contributed by atoms with Gasteiger partial charge in [0.15, 0.2) is 0 Å². The van der Waals surface area contributed by atoms with Crippen molar-refractivity contribution in [3.05, 3.63) is 71.8 Å². The highest BCUT2D eigenvalue weighted by molar-refractivity contribution is 5.76. The van der Waals surface area contributed by atoms with Gasteiger partial charge in [-0.05, 0) is 30.9 Å². The molecule has 2 aromatic rings. The van der Waals surface area contributed by atoms with Crippen LogP contribution in [0.15, 0.2) is 60.7 Å². The van der Waals surface area contributed by atoms with E-state index in [9.17, 15) is 19.2 Å². The summed E-state index contributed by atoms with van der Waals surface area (Å²) < 4.78 is 16.3. The third-order valence-corrected chi connectivity index (χ3v) is 6.05. The molecule has 3 atom stereocenters. The molecule has 0 aliphatic rings. The van der Waals surface area contributed by atoms with E-state index in [1.807, 2.05) is 48.5 Å². The molecule has 0 aromatic heterocycles. The lowest BCUT2D eigenvalue weighted by molar-refractivity contribution is -0.190. The van der Waals surface area contributed by atoms with Crippen molar-refractivity contribution in [2.45, 2.75) is 84.0 Å². The van der Waals surface area contributed by atoms with Gasteiger partial charge in [-0.1, -0.05) is 86.3 Å². The van der Waals surface area contributed by atoms with Crippen LogP contribution in [-0.4, -0.2) is 41.4 Å². The number of esters is 3. The zero-order chi connectivity index (χ0) is 27.8. The average molecular weight is 527 g/mol. The number of benzene rings is 2. The van der Waals surface area contributed by atoms with Crippen LogP contribution in [0.3, 0.4) is 0 Å². The number of carboxylic acid groups (broad SMARTS) is 1. The second-order valence-corrected chi connectivity index (χ2v) is 9.32. The molecule has 0 fully saturated rings. The van der Waals surface area contributed by atoms with Gasteiger partial charge in [0, 0.05) is 13.3 Å². The van der Waals surface area contributed by atoms with Gasteiger partial charge >= 0.3 is 23.9 Å². The van der Waals surface area contributed by atoms with Crippen molar-refractivity contribution in [1.29, 1.82) is 0 Å². The summed E-state index contributed by atoms with van der Waals surface area (Å²) in [4.78, 5) is 48.4. The predicted molar refractivity (Wildman–Crippen MR) is 141 cm³/mol. The number of hydrogen-bond donors (Lipinski definition) is 1. The largest absolute Gasteiger partial charge is 0.481 e. The van der Waals surface area contributed by atoms with Crippen LogP contribution < -0.4 is 0 Å². The smallest absolute Gasteiger partial charge is 0.315 e. The van der Waals surface area contributed by atoms with Gasteiger partial charge in [0.2, 0.25) is 6.29 Å². The van der Waals surface area contributed by atoms with Crippen LogP contribution in [0.1, 0.15) is 69.9 Å². The number of rotatable bonds is 17. The van der Waals surface area contributed by atoms with Crippen molar-refractivity contribution >= 4 is 23.9 Å². The first-order valence-corrected chi connectivity index (χ1v) is 13.1. The molecule has 2 rings (SSSR count). The first-order valence-electron chi connectivity index (χ1n) is 13.1. The second-order valence-electron chi connectivity index (χ2n) is 9.32. The van der Waals surface area contributed by atoms with Crippen LogP contribution in [0, 0.1) is 5.92 Å². The van der Waals surface area contributed by atoms with E-state index in [0.29, 0.717) is 19.3 Å². The van der Waals surface area contributed by atoms with Gasteiger partial charge < -0.3 is 19.3 Å². The van der Waals surface area contributed by atoms with E-state index in [0.717, 1.165) is 30.4 Å². The van der Waals surface area contributed by atoms with E-state index >= 15 is 0 Å². The highest BCUT2D eigenvalue weighted by Gasteiger charge is 2.31. The number of carbonyl (C=O) groups excluding carboxylic acids is 3. The molecular formula is C30H38O8. The van der Waals surface area contributed by atoms with Crippen molar-refractivity contribution in [1.82, 2.24) is 0 Å². The van der Waals surface area contributed by atoms with Crippen LogP contribution in [-0.2, 0) is 46.2 Å². The highest BCUT2D eigenvalue weighted by Crippen LogP contribution is 2.21. The van der Waals surface area contributed by atoms with Gasteiger partial charge in [0.25, 0.3) is 0 Å². The van der Waals surface area contributed by atoms with E-state index < -0.39 is 42.2 Å². The molecule has 0 amide bonds. The minimum absolute atomic E-state index is 0.0571. The topological polar surface area (TPSA) is 116 Å². The van der Waals surface area contributed by atoms with Gasteiger partial charge in [-0.15, -0.1) is 0 Å². The van der Waals surface area contributed by atoms with Crippen molar-refractivity contribution in [3.8, 4) is 0 Å². The fourth-order valence-electron chi connectivity index (χ4n) is 4.07. The van der Waals surface area contributed by atoms with Crippen molar-refractivity contribution in [2.75, 3.05) is 0 Å². The Morgan fingerprint density at radius 1 is 0.684 bits per heavy atom. The van der Waals surface area contributed by atoms with Gasteiger partial charge in [0.05, 0.1) is 18.8 Å². The zero-order valence-electron chi connectivity index (χ0n) is 22.2. The maximum absolute atomic E-state index is 13.0. The van der Waals surface area contributed by atoms with Gasteiger partial charge in [-0.25, -0.2) is 0 Å². The third-order valence-electron chi connectivity index (χ3n) is 6.05. The number of unbranched alkanes of at least 4 members (excludes halogenated alkanes) is 4. The molecule has 0 aliphatic carbocycles. The van der Waals surface area contributed by atoms with E-state index in [2.05, 4.69) is 0 Å². The second kappa shape index (κ2) is 16.9. The average Bonchev–Trinajstić information content (AvgIpc) is 2.86. The summed E-state index contributed by atoms with van der Waals surface area (Å²) >= 11 is 0. The number of carbonyl (C=O) groups is 4. The van der Waals surface area contributed by atoms with E-state index in [1.165, 1.54) is 6.92 Å². The van der Waals surface area contributed by atoms with Gasteiger partial charge in [0.1, 0.15) is 6.10 Å². The Balaban J connectivity index is 1.90. The quantitative estimate of drug-likeness (QED) is 0.168. The minimum atomic E-state index is -1.09. The van der Waals surface area contributed by atoms with Crippen LogP contribution in [0.4, 0.5) is 0 Å². The van der Waals surface area contributed by atoms with Crippen LogP contribution in [0.2, 0.25) is 0 Å². The molecule has 38 heavy (non-hydrogen) atoms. The van der Waals surface area contributed by atoms with Crippen molar-refractivity contribution in [2.24, 2.45) is 5.92 Å². The lowest BCUT2D eigenvalue weighted by atomic mass is 9.95. The van der Waals surface area contributed by atoms with Crippen molar-refractivity contribution < 1.29 is 38.5 Å². The number of carboxylic acids is 1. The summed E-state index contributed by atoms with van der Waals surface area (Å²) in [5, 5.41) is 8.75. The van der Waals surface area contributed by atoms with Crippen LogP contribution in [0.5, 0.6) is 0 Å². The molecule has 0 saturated heterocycles. The molecule has 0 aliphatic heterocycles. The molecule has 1 N–H and O–H groups in total. The summed E-state index contributed by atoms with van der Waals surface area (Å²) in [5.41, 5.74) is 1.60. The number of ether oxygens (including phenoxy) is 3. The van der Waals surface area contributed by atoms with E-state index in [4.69, 9.17) is 19.3 Å². The predicted octanol–water partition coefficient (Wildman–Crippen LogP) is 5.27. The Morgan fingerprint density at radius 3 is 1.74 bits per heavy atom. The first kappa shape index (κ1) is 30.5. The lowest BCUT2D eigenvalue weighted by Crippen LogP contribution is -2.35. The van der Waals surface area contributed by atoms with Crippen molar-refractivity contribution in [3.63, 3.8) is 0 Å². The van der Waals surface area contributed by atoms with Crippen LogP contribution >= 0.6 is 0 Å². The Bertz CT molecular complexity index is 1010. The molecule has 8 heteroatoms. The minimum Gasteiger partial charge on any atom is -0.481 e. The number of hydrogen-bond acceptors (Lipinski definition) is 7. The molecule has 0 radical (unpaired) electrons. The zero-order valence-corrected chi connectivity index (χ0v) is 22.2. The standard InChI is InChI=1S/C30H38O8/c1-22(36-28(33)20-24-14-8-6-9-15-24)26(18-12-4-3-5-13-19-27(31)32)30(35)38-23(2)37-29(34)21-25-16-10-7-11-17-25/h6-11,14-17,22-23,26H,3-5,12-13,18-21H2,1-2H3,(H,31,32). The number of aliphatic carboxylic acids is 1. The Hall–Kier alpha value is -3.68. The summed E-state index contributed by atoms with van der Waals surface area (Å²) in [6.07, 6.45) is 2.59. The van der Waals surface area contributed by atoms with E-state index in [-0.39, 0.29) is 19.3 Å². The summed E-state index contributed by atoms with van der Waals surface area (Å²) in [5.74, 6) is -3.10. The Kier molecular flexibility index (Phi) is 13.6. The Labute approximate surface area is 224 Å². The normalized spacial score (nSPS) is 13.1. The maximum Gasteiger partial charge on any atom is 0.315 e. The fourth-order valence-corrected chi connectivity index (χ4v) is 4.07. The molecule has 0 spiro atoms. The molecule has 206 valence electrons. The monoisotopic (exact) mass is 526 g/mol. The molecule has 0 bridgehead atoms. The molecule has 0 heterocycles. The summed E-state index contributed by atoms with van der Waals surface area (Å²) in [6.45, 7) is 3.14.